The van der Waals surface area contributed by atoms with Crippen LogP contribution >= 0.6 is 0 Å². The van der Waals surface area contributed by atoms with E-state index >= 15 is 0 Å². The number of urea groups is 1. The molecular formula is C12H14N2O3. The SMILES string of the molecule is COC1CNC(=O)N(c2cccc(C)c2)C1=O. The largest absolute Gasteiger partial charge is 0.370 e. The first-order chi connectivity index (χ1) is 8.13. The van der Waals surface area contributed by atoms with Crippen LogP contribution in [-0.2, 0) is 9.53 Å². The summed E-state index contributed by atoms with van der Waals surface area (Å²) in [6.45, 7) is 2.13. The number of aryl methyl sites for hydroxylation is 1. The third-order valence-corrected chi connectivity index (χ3v) is 2.68. The van der Waals surface area contributed by atoms with Crippen molar-refractivity contribution < 1.29 is 14.3 Å². The van der Waals surface area contributed by atoms with E-state index < -0.39 is 12.1 Å². The lowest BCUT2D eigenvalue weighted by atomic mass is 10.1. The Kier molecular flexibility index (Phi) is 3.10. The second-order valence-corrected chi connectivity index (χ2v) is 3.92. The van der Waals surface area contributed by atoms with Gasteiger partial charge in [0.2, 0.25) is 0 Å². The van der Waals surface area contributed by atoms with E-state index in [1.807, 2.05) is 19.1 Å². The molecule has 1 heterocycles. The van der Waals surface area contributed by atoms with Crippen LogP contribution in [-0.4, -0.2) is 31.7 Å². The van der Waals surface area contributed by atoms with Crippen molar-refractivity contribution in [3.05, 3.63) is 29.8 Å². The number of hydrogen-bond donors (Lipinski definition) is 1. The summed E-state index contributed by atoms with van der Waals surface area (Å²) >= 11 is 0. The van der Waals surface area contributed by atoms with Gasteiger partial charge in [-0.1, -0.05) is 12.1 Å². The summed E-state index contributed by atoms with van der Waals surface area (Å²) < 4.78 is 5.03. The van der Waals surface area contributed by atoms with Gasteiger partial charge in [-0.3, -0.25) is 4.79 Å². The molecule has 0 aliphatic carbocycles. The van der Waals surface area contributed by atoms with E-state index in [0.717, 1.165) is 10.5 Å². The standard InChI is InChI=1S/C12H14N2O3/c1-8-4-3-5-9(6-8)14-11(15)10(17-2)7-13-12(14)16/h3-6,10H,7H2,1-2H3,(H,13,16). The monoisotopic (exact) mass is 234 g/mol. The van der Waals surface area contributed by atoms with Crippen molar-refractivity contribution in [1.29, 1.82) is 0 Å². The quantitative estimate of drug-likeness (QED) is 0.832. The van der Waals surface area contributed by atoms with E-state index in [1.165, 1.54) is 7.11 Å². The average Bonchev–Trinajstić information content (AvgIpc) is 2.29. The van der Waals surface area contributed by atoms with Gasteiger partial charge in [-0.2, -0.15) is 0 Å². The third kappa shape index (κ3) is 2.14. The van der Waals surface area contributed by atoms with Crippen molar-refractivity contribution in [3.8, 4) is 0 Å². The van der Waals surface area contributed by atoms with Gasteiger partial charge in [0.15, 0.2) is 6.10 Å². The lowest BCUT2D eigenvalue weighted by molar-refractivity contribution is -0.128. The van der Waals surface area contributed by atoms with Gasteiger partial charge in [0.05, 0.1) is 12.2 Å². The molecule has 0 aromatic heterocycles. The van der Waals surface area contributed by atoms with Gasteiger partial charge in [-0.15, -0.1) is 0 Å². The van der Waals surface area contributed by atoms with Crippen molar-refractivity contribution in [1.82, 2.24) is 5.32 Å². The molecule has 3 amide bonds. The number of imide groups is 1. The molecule has 1 aromatic carbocycles. The number of rotatable bonds is 2. The summed E-state index contributed by atoms with van der Waals surface area (Å²) in [6.07, 6.45) is -0.617. The highest BCUT2D eigenvalue weighted by molar-refractivity contribution is 6.17. The Morgan fingerprint density at radius 3 is 2.82 bits per heavy atom. The number of carbonyl (C=O) groups is 2. The van der Waals surface area contributed by atoms with Gasteiger partial charge in [0.1, 0.15) is 0 Å². The molecule has 0 radical (unpaired) electrons. The first-order valence-electron chi connectivity index (χ1n) is 5.34. The number of methoxy groups -OCH3 is 1. The number of carbonyl (C=O) groups excluding carboxylic acids is 2. The van der Waals surface area contributed by atoms with Crippen LogP contribution in [0.25, 0.3) is 0 Å². The fourth-order valence-corrected chi connectivity index (χ4v) is 1.79. The second kappa shape index (κ2) is 4.55. The summed E-state index contributed by atoms with van der Waals surface area (Å²) in [4.78, 5) is 24.9. The van der Waals surface area contributed by atoms with E-state index in [1.54, 1.807) is 12.1 Å². The molecule has 90 valence electrons. The van der Waals surface area contributed by atoms with E-state index in [0.29, 0.717) is 5.69 Å². The van der Waals surface area contributed by atoms with E-state index in [2.05, 4.69) is 5.32 Å². The minimum atomic E-state index is -0.617. The minimum Gasteiger partial charge on any atom is -0.370 e. The topological polar surface area (TPSA) is 58.6 Å². The fourth-order valence-electron chi connectivity index (χ4n) is 1.79. The number of nitrogens with zero attached hydrogens (tertiary/aromatic N) is 1. The van der Waals surface area contributed by atoms with Crippen LogP contribution in [0.4, 0.5) is 10.5 Å². The summed E-state index contributed by atoms with van der Waals surface area (Å²) in [5.74, 6) is -0.332. The van der Waals surface area contributed by atoms with E-state index in [-0.39, 0.29) is 12.5 Å². The highest BCUT2D eigenvalue weighted by Crippen LogP contribution is 2.19. The first kappa shape index (κ1) is 11.6. The summed E-state index contributed by atoms with van der Waals surface area (Å²) in [5.41, 5.74) is 1.55. The molecule has 2 rings (SSSR count). The van der Waals surface area contributed by atoms with Crippen LogP contribution in [0.15, 0.2) is 24.3 Å². The Bertz CT molecular complexity index is 459. The number of anilines is 1. The predicted octanol–water partition coefficient (Wildman–Crippen LogP) is 1.07. The smallest absolute Gasteiger partial charge is 0.328 e. The highest BCUT2D eigenvalue weighted by Gasteiger charge is 2.35. The molecular weight excluding hydrogens is 220 g/mol. The number of nitrogens with one attached hydrogen (secondary N) is 1. The van der Waals surface area contributed by atoms with Gasteiger partial charge >= 0.3 is 6.03 Å². The van der Waals surface area contributed by atoms with Crippen LogP contribution in [0.2, 0.25) is 0 Å². The number of benzene rings is 1. The molecule has 5 heteroatoms. The van der Waals surface area contributed by atoms with Gasteiger partial charge in [-0.25, -0.2) is 9.69 Å². The zero-order valence-corrected chi connectivity index (χ0v) is 9.77. The molecule has 1 N–H and O–H groups in total. The van der Waals surface area contributed by atoms with E-state index in [9.17, 15) is 9.59 Å². The Morgan fingerprint density at radius 2 is 2.18 bits per heavy atom. The maximum atomic E-state index is 12.0. The molecule has 1 unspecified atom stereocenters. The fraction of sp³-hybridized carbons (Fsp3) is 0.333. The molecule has 5 nitrogen and oxygen atoms in total. The lowest BCUT2D eigenvalue weighted by Gasteiger charge is -2.30. The van der Waals surface area contributed by atoms with Crippen molar-refractivity contribution in [2.24, 2.45) is 0 Å². The molecule has 1 saturated heterocycles. The first-order valence-corrected chi connectivity index (χ1v) is 5.34. The lowest BCUT2D eigenvalue weighted by Crippen LogP contribution is -2.58. The third-order valence-electron chi connectivity index (χ3n) is 2.68. The van der Waals surface area contributed by atoms with Gasteiger partial charge in [0, 0.05) is 7.11 Å². The van der Waals surface area contributed by atoms with E-state index in [4.69, 9.17) is 4.74 Å². The Hall–Kier alpha value is -1.88. The average molecular weight is 234 g/mol. The van der Waals surface area contributed by atoms with Gasteiger partial charge < -0.3 is 10.1 Å². The molecule has 1 aliphatic rings. The zero-order valence-electron chi connectivity index (χ0n) is 9.77. The number of hydrogen-bond acceptors (Lipinski definition) is 3. The molecule has 0 spiro atoms. The Labute approximate surface area is 99.4 Å². The molecule has 1 aromatic rings. The maximum absolute atomic E-state index is 12.0. The van der Waals surface area contributed by atoms with Crippen molar-refractivity contribution >= 4 is 17.6 Å². The summed E-state index contributed by atoms with van der Waals surface area (Å²) in [5, 5.41) is 2.62. The second-order valence-electron chi connectivity index (χ2n) is 3.92. The normalized spacial score (nSPS) is 20.4. The van der Waals surface area contributed by atoms with Crippen molar-refractivity contribution in [2.45, 2.75) is 13.0 Å². The molecule has 17 heavy (non-hydrogen) atoms. The van der Waals surface area contributed by atoms with Gasteiger partial charge in [0.25, 0.3) is 5.91 Å². The predicted molar refractivity (Wildman–Crippen MR) is 62.9 cm³/mol. The zero-order chi connectivity index (χ0) is 12.4. The number of amides is 3. The molecule has 0 saturated carbocycles. The van der Waals surface area contributed by atoms with Crippen LogP contribution in [0.3, 0.4) is 0 Å². The molecule has 1 atom stereocenters. The Balaban J connectivity index is 2.34. The van der Waals surface area contributed by atoms with Crippen LogP contribution in [0, 0.1) is 6.92 Å². The molecule has 0 bridgehead atoms. The maximum Gasteiger partial charge on any atom is 0.328 e. The van der Waals surface area contributed by atoms with Crippen LogP contribution in [0.1, 0.15) is 5.56 Å². The van der Waals surface area contributed by atoms with Crippen LogP contribution in [0.5, 0.6) is 0 Å². The van der Waals surface area contributed by atoms with Crippen molar-refractivity contribution in [3.63, 3.8) is 0 Å². The summed E-state index contributed by atoms with van der Waals surface area (Å²) in [7, 11) is 1.45. The molecule has 1 fully saturated rings. The summed E-state index contributed by atoms with van der Waals surface area (Å²) in [6, 6.07) is 6.82. The highest BCUT2D eigenvalue weighted by atomic mass is 16.5. The van der Waals surface area contributed by atoms with Crippen LogP contribution < -0.4 is 10.2 Å². The van der Waals surface area contributed by atoms with Crippen molar-refractivity contribution in [2.75, 3.05) is 18.6 Å². The van der Waals surface area contributed by atoms with Gasteiger partial charge in [-0.05, 0) is 24.6 Å². The Morgan fingerprint density at radius 1 is 1.41 bits per heavy atom. The minimum absolute atomic E-state index is 0.219. The number of ether oxygens (including phenoxy) is 1. The molecule has 1 aliphatic heterocycles.